The van der Waals surface area contributed by atoms with Crippen LogP contribution < -0.4 is 0 Å². The van der Waals surface area contributed by atoms with Crippen molar-refractivity contribution in [3.8, 4) is 33.4 Å². The Morgan fingerprint density at radius 2 is 0.712 bits per heavy atom. The highest BCUT2D eigenvalue weighted by molar-refractivity contribution is 6.27. The summed E-state index contributed by atoms with van der Waals surface area (Å²) in [4.78, 5) is 0. The van der Waals surface area contributed by atoms with E-state index in [1.165, 1.54) is 0 Å². The fourth-order valence-electron chi connectivity index (χ4n) is 8.49. The Morgan fingerprint density at radius 1 is 0.269 bits per heavy atom. The highest BCUT2D eigenvalue weighted by Gasteiger charge is 2.18. The number of hydrogen-bond donors (Lipinski definition) is 0. The Balaban J connectivity index is 1.28. The minimum Gasteiger partial charge on any atom is -0.0616 e. The van der Waals surface area contributed by atoms with Crippen LogP contribution in [-0.4, -0.2) is 0 Å². The van der Waals surface area contributed by atoms with Gasteiger partial charge in [0, 0.05) is 0 Å². The Bertz CT molecular complexity index is 4070. The first-order chi connectivity index (χ1) is 30.8. The van der Waals surface area contributed by atoms with Crippen molar-refractivity contribution in [1.82, 2.24) is 0 Å². The number of rotatable bonds is 3. The Labute approximate surface area is 317 Å². The maximum Gasteiger partial charge on any atom is 0.0636 e. The van der Waals surface area contributed by atoms with Crippen LogP contribution in [0.1, 0.15) is 16.4 Å². The molecule has 0 aliphatic carbocycles. The van der Waals surface area contributed by atoms with Crippen LogP contribution in [0, 0.1) is 0 Å². The maximum atomic E-state index is 10.2. The van der Waals surface area contributed by atoms with Crippen LogP contribution in [0.15, 0.2) is 182 Å². The largest absolute Gasteiger partial charge is 0.0636 e. The normalized spacial score (nSPS) is 15.5. The summed E-state index contributed by atoms with van der Waals surface area (Å²) in [6.45, 7) is 0. The van der Waals surface area contributed by atoms with Gasteiger partial charge in [-0.2, -0.15) is 0 Å². The van der Waals surface area contributed by atoms with Crippen molar-refractivity contribution >= 4 is 86.2 Å². The van der Waals surface area contributed by atoms with Gasteiger partial charge in [-0.25, -0.2) is 0 Å². The van der Waals surface area contributed by atoms with Gasteiger partial charge in [-0.05, 0) is 132 Å². The van der Waals surface area contributed by atoms with Crippen molar-refractivity contribution in [3.63, 3.8) is 0 Å². The van der Waals surface area contributed by atoms with Crippen LogP contribution in [-0.2, 0) is 0 Å². The van der Waals surface area contributed by atoms with E-state index in [4.69, 9.17) is 5.48 Å². The number of fused-ring (bicyclic) bond motifs is 2. The fourth-order valence-corrected chi connectivity index (χ4v) is 8.49. The molecule has 52 heavy (non-hydrogen) atoms. The van der Waals surface area contributed by atoms with Gasteiger partial charge in [0.15, 0.2) is 0 Å². The molecule has 0 aromatic heterocycles. The van der Waals surface area contributed by atoms with Crippen LogP contribution in [0.4, 0.5) is 0 Å². The second kappa shape index (κ2) is 10.4. The molecule has 0 saturated heterocycles. The third-order valence-electron chi connectivity index (χ3n) is 10.8. The highest BCUT2D eigenvalue weighted by atomic mass is 14.2. The molecule has 0 nitrogen and oxygen atoms in total. The smallest absolute Gasteiger partial charge is 0.0616 e. The monoisotopic (exact) mass is 666 g/mol. The van der Waals surface area contributed by atoms with Gasteiger partial charge in [0.1, 0.15) is 0 Å². The third-order valence-corrected chi connectivity index (χ3v) is 10.8. The SMILES string of the molecule is [2H]c1c([2H])c([2H])c2c(-c3c([2H])c([2H])c(-c4ccc5ccc6cccc7ccc4c5c67)c4c([2H])c([2H])c([2H])c([2H])c34)c([2H])c(-c3ccc4ccc5cccc6ccc3c4c56)c([2H])c2c1[2H]. The van der Waals surface area contributed by atoms with E-state index >= 15 is 0 Å². The summed E-state index contributed by atoms with van der Waals surface area (Å²) in [6, 6.07) is 29.1. The van der Waals surface area contributed by atoms with Crippen molar-refractivity contribution in [1.29, 1.82) is 0 Å². The first-order valence-electron chi connectivity index (χ1n) is 23.2. The molecule has 12 rings (SSSR count). The fraction of sp³-hybridized carbons (Fsp3) is 0. The number of benzene rings is 12. The van der Waals surface area contributed by atoms with Crippen LogP contribution >= 0.6 is 0 Å². The molecule has 238 valence electrons. The molecule has 0 heterocycles. The lowest BCUT2D eigenvalue weighted by Crippen LogP contribution is -1.91. The second-order valence-corrected chi connectivity index (χ2v) is 13.4. The standard InChI is InChI=1S/C52H30/c1-2-12-39-37(7-1)29-38(40-23-19-35-17-15-31-8-5-10-33-21-25-46(40)51(35)49(31)33)30-48(39)45-28-27-43(41-13-3-4-14-42(41)45)44-24-20-36-18-16-32-9-6-11-34-22-26-47(44)52(36)50(32)34/h1-30H/i1D,2D,3D,4D,7D,12D,13D,14D,27D,28D,29D,30D. The lowest BCUT2D eigenvalue weighted by atomic mass is 9.85. The van der Waals surface area contributed by atoms with Crippen molar-refractivity contribution in [3.05, 3.63) is 182 Å². The average Bonchev–Trinajstić information content (AvgIpc) is 3.31. The van der Waals surface area contributed by atoms with E-state index in [0.717, 1.165) is 53.9 Å². The predicted molar refractivity (Wildman–Crippen MR) is 225 cm³/mol. The van der Waals surface area contributed by atoms with E-state index in [1.807, 2.05) is 97.1 Å². The Morgan fingerprint density at radius 3 is 1.31 bits per heavy atom. The minimum absolute atomic E-state index is 0.0150. The van der Waals surface area contributed by atoms with Crippen molar-refractivity contribution in [2.24, 2.45) is 0 Å². The van der Waals surface area contributed by atoms with E-state index in [0.29, 0.717) is 21.9 Å². The highest BCUT2D eigenvalue weighted by Crippen LogP contribution is 2.46. The Hall–Kier alpha value is -6.76. The van der Waals surface area contributed by atoms with Crippen molar-refractivity contribution < 1.29 is 16.4 Å². The maximum absolute atomic E-state index is 10.2. The summed E-state index contributed by atoms with van der Waals surface area (Å²) in [5.41, 5.74) is 0.531. The average molecular weight is 667 g/mol. The summed E-state index contributed by atoms with van der Waals surface area (Å²) in [7, 11) is 0. The quantitative estimate of drug-likeness (QED) is 0.165. The van der Waals surface area contributed by atoms with E-state index in [2.05, 4.69) is 0 Å². The van der Waals surface area contributed by atoms with E-state index < -0.39 is 60.4 Å². The molecule has 0 unspecified atom stereocenters. The lowest BCUT2D eigenvalue weighted by Gasteiger charge is -2.18. The summed E-state index contributed by atoms with van der Waals surface area (Å²) in [5, 5.41) is 10.3. The Kier molecular flexibility index (Phi) is 3.80. The summed E-state index contributed by atoms with van der Waals surface area (Å²) in [5.74, 6) is 0. The van der Waals surface area contributed by atoms with Crippen LogP contribution in [0.25, 0.3) is 120 Å². The van der Waals surface area contributed by atoms with Gasteiger partial charge >= 0.3 is 0 Å². The molecule has 0 heteroatoms. The molecule has 12 aromatic rings. The summed E-state index contributed by atoms with van der Waals surface area (Å²) >= 11 is 0. The zero-order valence-electron chi connectivity index (χ0n) is 39.4. The molecule has 0 N–H and O–H groups in total. The van der Waals surface area contributed by atoms with E-state index in [9.17, 15) is 11.0 Å². The molecule has 0 atom stereocenters. The molecule has 0 fully saturated rings. The molecule has 0 bridgehead atoms. The molecule has 12 aromatic carbocycles. The summed E-state index contributed by atoms with van der Waals surface area (Å²) < 4.78 is 113. The van der Waals surface area contributed by atoms with Gasteiger partial charge < -0.3 is 0 Å². The molecule has 0 spiro atoms. The van der Waals surface area contributed by atoms with Crippen molar-refractivity contribution in [2.45, 2.75) is 0 Å². The van der Waals surface area contributed by atoms with Gasteiger partial charge in [-0.1, -0.05) is 170 Å². The van der Waals surface area contributed by atoms with Crippen molar-refractivity contribution in [2.75, 3.05) is 0 Å². The molecule has 0 amide bonds. The second-order valence-electron chi connectivity index (χ2n) is 13.4. The minimum atomic E-state index is -0.637. The summed E-state index contributed by atoms with van der Waals surface area (Å²) in [6.07, 6.45) is 0. The molecular weight excluding hydrogens is 625 g/mol. The molecular formula is C52H30. The topological polar surface area (TPSA) is 0 Å². The van der Waals surface area contributed by atoms with Crippen LogP contribution in [0.5, 0.6) is 0 Å². The number of hydrogen-bond acceptors (Lipinski definition) is 0. The molecule has 0 radical (unpaired) electrons. The molecule has 0 aliphatic rings. The van der Waals surface area contributed by atoms with E-state index in [-0.39, 0.29) is 55.9 Å². The van der Waals surface area contributed by atoms with Crippen LogP contribution in [0.3, 0.4) is 0 Å². The van der Waals surface area contributed by atoms with Gasteiger partial charge in [0.05, 0.1) is 16.4 Å². The first-order valence-corrected chi connectivity index (χ1v) is 17.2. The zero-order valence-corrected chi connectivity index (χ0v) is 27.4. The third kappa shape index (κ3) is 3.81. The first kappa shape index (κ1) is 19.0. The van der Waals surface area contributed by atoms with E-state index in [1.54, 1.807) is 12.1 Å². The molecule has 0 aliphatic heterocycles. The lowest BCUT2D eigenvalue weighted by molar-refractivity contribution is 1.65. The zero-order chi connectivity index (χ0) is 44.4. The van der Waals surface area contributed by atoms with Gasteiger partial charge in [-0.3, -0.25) is 0 Å². The molecule has 0 saturated carbocycles. The van der Waals surface area contributed by atoms with Gasteiger partial charge in [0.2, 0.25) is 0 Å². The van der Waals surface area contributed by atoms with Gasteiger partial charge in [-0.15, -0.1) is 0 Å². The van der Waals surface area contributed by atoms with Gasteiger partial charge in [0.25, 0.3) is 0 Å². The van der Waals surface area contributed by atoms with Crippen LogP contribution in [0.2, 0.25) is 0 Å². The predicted octanol–water partition coefficient (Wildman–Crippen LogP) is 14.8.